The molecule has 4 rings (SSSR count). The third-order valence-electron chi connectivity index (χ3n) is 4.60. The zero-order valence-corrected chi connectivity index (χ0v) is 16.5. The fourth-order valence-corrected chi connectivity index (χ4v) is 3.17. The van der Waals surface area contributed by atoms with Crippen LogP contribution in [0.5, 0.6) is 0 Å². The van der Waals surface area contributed by atoms with Gasteiger partial charge >= 0.3 is 6.18 Å². The number of aryl methyl sites for hydroxylation is 1. The summed E-state index contributed by atoms with van der Waals surface area (Å²) in [4.78, 5) is 25.8. The summed E-state index contributed by atoms with van der Waals surface area (Å²) in [6, 6.07) is 3.56. The molecular weight excluding hydrogens is 413 g/mol. The minimum absolute atomic E-state index is 0.0419. The summed E-state index contributed by atoms with van der Waals surface area (Å²) >= 11 is 0. The van der Waals surface area contributed by atoms with E-state index in [1.54, 1.807) is 31.0 Å². The topological polar surface area (TPSA) is 98.7 Å². The second-order valence-electron chi connectivity index (χ2n) is 7.14. The maximum atomic E-state index is 13.0. The largest absolute Gasteiger partial charge is 0.417 e. The molecule has 0 fully saturated rings. The minimum Gasteiger partial charge on any atom is -0.392 e. The first-order valence-electron chi connectivity index (χ1n) is 9.24. The van der Waals surface area contributed by atoms with Crippen LogP contribution < -0.4 is 5.56 Å². The number of aromatic nitrogens is 6. The van der Waals surface area contributed by atoms with Gasteiger partial charge in [0.1, 0.15) is 11.2 Å². The van der Waals surface area contributed by atoms with E-state index in [9.17, 15) is 23.1 Å². The van der Waals surface area contributed by atoms with Crippen LogP contribution in [0.3, 0.4) is 0 Å². The minimum atomic E-state index is -4.51. The number of halogens is 3. The van der Waals surface area contributed by atoms with Crippen molar-refractivity contribution in [3.05, 3.63) is 59.0 Å². The molecule has 0 radical (unpaired) electrons. The molecule has 4 aromatic heterocycles. The first kappa shape index (κ1) is 20.7. The maximum absolute atomic E-state index is 13.0. The van der Waals surface area contributed by atoms with E-state index in [1.807, 2.05) is 0 Å². The molecule has 0 saturated carbocycles. The van der Waals surface area contributed by atoms with Crippen LogP contribution in [0.1, 0.15) is 12.5 Å². The molecular formula is C20H17F3N6O2. The van der Waals surface area contributed by atoms with Crippen molar-refractivity contribution in [1.82, 2.24) is 29.3 Å². The fraction of sp³-hybridized carbons (Fsp3) is 0.250. The maximum Gasteiger partial charge on any atom is 0.417 e. The van der Waals surface area contributed by atoms with Gasteiger partial charge < -0.3 is 5.11 Å². The average Bonchev–Trinajstić information content (AvgIpc) is 3.15. The lowest BCUT2D eigenvalue weighted by molar-refractivity contribution is -0.137. The van der Waals surface area contributed by atoms with Crippen LogP contribution in [0.15, 0.2) is 47.9 Å². The molecule has 0 amide bonds. The number of hydrogen-bond acceptors (Lipinski definition) is 6. The van der Waals surface area contributed by atoms with Crippen molar-refractivity contribution in [3.8, 4) is 22.6 Å². The van der Waals surface area contributed by atoms with Gasteiger partial charge in [0.05, 0.1) is 47.5 Å². The Morgan fingerprint density at radius 2 is 1.94 bits per heavy atom. The van der Waals surface area contributed by atoms with E-state index in [1.165, 1.54) is 23.0 Å². The average molecular weight is 430 g/mol. The summed E-state index contributed by atoms with van der Waals surface area (Å²) in [6.45, 7) is 1.59. The van der Waals surface area contributed by atoms with Gasteiger partial charge in [-0.05, 0) is 25.1 Å². The number of aliphatic hydroxyl groups is 1. The van der Waals surface area contributed by atoms with E-state index in [2.05, 4.69) is 20.1 Å². The smallest absolute Gasteiger partial charge is 0.392 e. The Labute approximate surface area is 173 Å². The number of aliphatic hydroxyl groups excluding tert-OH is 1. The van der Waals surface area contributed by atoms with Gasteiger partial charge in [0.15, 0.2) is 0 Å². The summed E-state index contributed by atoms with van der Waals surface area (Å²) in [5.74, 6) is 0. The Morgan fingerprint density at radius 3 is 2.52 bits per heavy atom. The highest BCUT2D eigenvalue weighted by Crippen LogP contribution is 2.31. The van der Waals surface area contributed by atoms with Crippen LogP contribution in [-0.2, 0) is 19.8 Å². The molecule has 8 nitrogen and oxygen atoms in total. The van der Waals surface area contributed by atoms with Gasteiger partial charge in [0.2, 0.25) is 0 Å². The first-order chi connectivity index (χ1) is 14.6. The van der Waals surface area contributed by atoms with Gasteiger partial charge in [-0.15, -0.1) is 0 Å². The second kappa shape index (κ2) is 7.58. The Kier molecular flexibility index (Phi) is 5.05. The molecule has 0 aliphatic heterocycles. The summed E-state index contributed by atoms with van der Waals surface area (Å²) in [7, 11) is 1.72. The van der Waals surface area contributed by atoms with E-state index in [0.29, 0.717) is 16.8 Å². The highest BCUT2D eigenvalue weighted by atomic mass is 19.4. The van der Waals surface area contributed by atoms with E-state index in [0.717, 1.165) is 12.3 Å². The zero-order chi connectivity index (χ0) is 22.3. The lowest BCUT2D eigenvalue weighted by Gasteiger charge is -2.12. The van der Waals surface area contributed by atoms with Crippen molar-refractivity contribution < 1.29 is 18.3 Å². The first-order valence-corrected chi connectivity index (χ1v) is 9.24. The van der Waals surface area contributed by atoms with Crippen molar-refractivity contribution in [2.75, 3.05) is 0 Å². The quantitative estimate of drug-likeness (QED) is 0.535. The lowest BCUT2D eigenvalue weighted by Crippen LogP contribution is -2.25. The normalized spacial score (nSPS) is 13.0. The van der Waals surface area contributed by atoms with E-state index < -0.39 is 23.4 Å². The Morgan fingerprint density at radius 1 is 1.16 bits per heavy atom. The Hall–Kier alpha value is -3.60. The molecule has 0 spiro atoms. The van der Waals surface area contributed by atoms with Gasteiger partial charge in [0.25, 0.3) is 5.56 Å². The van der Waals surface area contributed by atoms with Gasteiger partial charge in [0, 0.05) is 25.0 Å². The molecule has 1 N–H and O–H groups in total. The molecule has 0 bridgehead atoms. The summed E-state index contributed by atoms with van der Waals surface area (Å²) < 4.78 is 41.5. The third-order valence-corrected chi connectivity index (χ3v) is 4.60. The van der Waals surface area contributed by atoms with Crippen LogP contribution in [0.4, 0.5) is 13.2 Å². The molecule has 11 heteroatoms. The lowest BCUT2D eigenvalue weighted by atomic mass is 10.1. The molecule has 31 heavy (non-hydrogen) atoms. The van der Waals surface area contributed by atoms with Crippen molar-refractivity contribution in [2.45, 2.75) is 25.7 Å². The molecule has 1 atom stereocenters. The standard InChI is InChI=1S/C20H17F3N6O2/c1-11(30)8-29-10-25-18-14(19(29)31)5-16(27-17(18)12-6-26-28(2)9-12)15-4-3-13(7-24-15)20(21,22)23/h3-7,9-11,30H,8H2,1-2H3. The highest BCUT2D eigenvalue weighted by Gasteiger charge is 2.30. The van der Waals surface area contributed by atoms with Crippen LogP contribution in [0, 0.1) is 0 Å². The van der Waals surface area contributed by atoms with E-state index >= 15 is 0 Å². The zero-order valence-electron chi connectivity index (χ0n) is 16.5. The number of alkyl halides is 3. The van der Waals surface area contributed by atoms with Crippen LogP contribution in [0.2, 0.25) is 0 Å². The van der Waals surface area contributed by atoms with Crippen molar-refractivity contribution >= 4 is 10.9 Å². The number of fused-ring (bicyclic) bond motifs is 1. The van der Waals surface area contributed by atoms with Gasteiger partial charge in [-0.2, -0.15) is 18.3 Å². The molecule has 0 aliphatic carbocycles. The number of nitrogens with zero attached hydrogens (tertiary/aromatic N) is 6. The number of pyridine rings is 2. The Balaban J connectivity index is 1.95. The third kappa shape index (κ3) is 4.04. The predicted octanol–water partition coefficient (Wildman–Crippen LogP) is 2.65. The van der Waals surface area contributed by atoms with Gasteiger partial charge in [-0.3, -0.25) is 19.0 Å². The summed E-state index contributed by atoms with van der Waals surface area (Å²) in [5.41, 5.74) is 0.344. The molecule has 0 aliphatic rings. The molecule has 160 valence electrons. The second-order valence-corrected chi connectivity index (χ2v) is 7.14. The van der Waals surface area contributed by atoms with Crippen LogP contribution >= 0.6 is 0 Å². The Bertz CT molecular complexity index is 1310. The van der Waals surface area contributed by atoms with Crippen molar-refractivity contribution in [3.63, 3.8) is 0 Å². The van der Waals surface area contributed by atoms with Gasteiger partial charge in [-0.25, -0.2) is 9.97 Å². The molecule has 0 saturated heterocycles. The molecule has 4 heterocycles. The highest BCUT2D eigenvalue weighted by molar-refractivity contribution is 5.93. The van der Waals surface area contributed by atoms with Crippen LogP contribution in [-0.4, -0.2) is 40.5 Å². The van der Waals surface area contributed by atoms with Gasteiger partial charge in [-0.1, -0.05) is 0 Å². The SMILES string of the molecule is CC(O)Cn1cnc2c(-c3cnn(C)c3)nc(-c3ccc(C(F)(F)F)cn3)cc2c1=O. The molecule has 4 aromatic rings. The molecule has 0 aromatic carbocycles. The predicted molar refractivity (Wildman–Crippen MR) is 106 cm³/mol. The summed E-state index contributed by atoms with van der Waals surface area (Å²) in [6.07, 6.45) is 0.00730. The fourth-order valence-electron chi connectivity index (χ4n) is 3.17. The van der Waals surface area contributed by atoms with Crippen molar-refractivity contribution in [2.24, 2.45) is 7.05 Å². The monoisotopic (exact) mass is 430 g/mol. The summed E-state index contributed by atoms with van der Waals surface area (Å²) in [5, 5.41) is 14.0. The van der Waals surface area contributed by atoms with Crippen molar-refractivity contribution in [1.29, 1.82) is 0 Å². The van der Waals surface area contributed by atoms with E-state index in [4.69, 9.17) is 0 Å². The number of rotatable bonds is 4. The van der Waals surface area contributed by atoms with E-state index in [-0.39, 0.29) is 23.3 Å². The molecule has 1 unspecified atom stereocenters. The van der Waals surface area contributed by atoms with Crippen LogP contribution in [0.25, 0.3) is 33.5 Å². The number of hydrogen-bond donors (Lipinski definition) is 1.